The standard InChI is InChI=1S/C14H19N3O3/c1-4-18-11-7-6-10(8-12(11)19-5-2)14-16-13(9(3)15)17-20-14/h6-9H,4-5,15H2,1-3H3. The van der Waals surface area contributed by atoms with Gasteiger partial charge in [0.05, 0.1) is 19.3 Å². The normalized spacial score (nSPS) is 12.2. The van der Waals surface area contributed by atoms with Gasteiger partial charge in [-0.25, -0.2) is 0 Å². The lowest BCUT2D eigenvalue weighted by Crippen LogP contribution is -2.06. The van der Waals surface area contributed by atoms with Crippen LogP contribution in [-0.4, -0.2) is 23.4 Å². The van der Waals surface area contributed by atoms with Gasteiger partial charge < -0.3 is 19.7 Å². The minimum atomic E-state index is -0.262. The predicted octanol–water partition coefficient (Wildman–Crippen LogP) is 2.55. The van der Waals surface area contributed by atoms with Crippen LogP contribution in [0.3, 0.4) is 0 Å². The van der Waals surface area contributed by atoms with Gasteiger partial charge in [-0.2, -0.15) is 4.98 Å². The first kappa shape index (κ1) is 14.3. The molecule has 0 aliphatic heterocycles. The van der Waals surface area contributed by atoms with Crippen molar-refractivity contribution in [3.8, 4) is 23.0 Å². The van der Waals surface area contributed by atoms with E-state index in [-0.39, 0.29) is 6.04 Å². The molecule has 2 aromatic rings. The smallest absolute Gasteiger partial charge is 0.258 e. The van der Waals surface area contributed by atoms with Crippen LogP contribution < -0.4 is 15.2 Å². The van der Waals surface area contributed by atoms with Crippen LogP contribution >= 0.6 is 0 Å². The molecule has 1 atom stereocenters. The maximum Gasteiger partial charge on any atom is 0.258 e. The number of hydrogen-bond donors (Lipinski definition) is 1. The lowest BCUT2D eigenvalue weighted by Gasteiger charge is -2.11. The van der Waals surface area contributed by atoms with Crippen LogP contribution in [0.25, 0.3) is 11.5 Å². The number of nitrogens with zero attached hydrogens (tertiary/aromatic N) is 2. The zero-order valence-electron chi connectivity index (χ0n) is 11.9. The molecule has 1 aromatic heterocycles. The van der Waals surface area contributed by atoms with Crippen molar-refractivity contribution >= 4 is 0 Å². The summed E-state index contributed by atoms with van der Waals surface area (Å²) >= 11 is 0. The molecule has 1 heterocycles. The van der Waals surface area contributed by atoms with E-state index >= 15 is 0 Å². The number of aromatic nitrogens is 2. The van der Waals surface area contributed by atoms with Gasteiger partial charge in [0.15, 0.2) is 17.3 Å². The Morgan fingerprint density at radius 2 is 1.90 bits per heavy atom. The maximum absolute atomic E-state index is 5.72. The molecule has 0 aliphatic carbocycles. The molecule has 1 unspecified atom stereocenters. The molecule has 6 heteroatoms. The molecule has 1 aromatic carbocycles. The van der Waals surface area contributed by atoms with E-state index in [1.54, 1.807) is 6.92 Å². The van der Waals surface area contributed by atoms with E-state index in [0.29, 0.717) is 36.4 Å². The first-order valence-corrected chi connectivity index (χ1v) is 6.64. The minimum Gasteiger partial charge on any atom is -0.490 e. The zero-order chi connectivity index (χ0) is 14.5. The Bertz CT molecular complexity index is 567. The Balaban J connectivity index is 2.33. The van der Waals surface area contributed by atoms with E-state index < -0.39 is 0 Å². The van der Waals surface area contributed by atoms with Gasteiger partial charge >= 0.3 is 0 Å². The van der Waals surface area contributed by atoms with Gasteiger partial charge in [0, 0.05) is 5.56 Å². The number of hydrogen-bond acceptors (Lipinski definition) is 6. The van der Waals surface area contributed by atoms with Crippen LogP contribution in [0.5, 0.6) is 11.5 Å². The molecule has 0 aliphatic rings. The largest absolute Gasteiger partial charge is 0.490 e. The third kappa shape index (κ3) is 3.08. The summed E-state index contributed by atoms with van der Waals surface area (Å²) in [5, 5.41) is 3.84. The summed E-state index contributed by atoms with van der Waals surface area (Å²) in [7, 11) is 0. The average Bonchev–Trinajstić information content (AvgIpc) is 2.91. The summed E-state index contributed by atoms with van der Waals surface area (Å²) in [5.41, 5.74) is 6.49. The van der Waals surface area contributed by atoms with Crippen molar-refractivity contribution < 1.29 is 14.0 Å². The van der Waals surface area contributed by atoms with Gasteiger partial charge in [0.25, 0.3) is 5.89 Å². The van der Waals surface area contributed by atoms with Gasteiger partial charge in [0.2, 0.25) is 0 Å². The highest BCUT2D eigenvalue weighted by atomic mass is 16.5. The Morgan fingerprint density at radius 3 is 2.50 bits per heavy atom. The molecule has 0 fully saturated rings. The summed E-state index contributed by atoms with van der Waals surface area (Å²) in [6.45, 7) is 6.78. The molecule has 0 bridgehead atoms. The zero-order valence-corrected chi connectivity index (χ0v) is 11.9. The van der Waals surface area contributed by atoms with Crippen molar-refractivity contribution in [1.29, 1.82) is 0 Å². The molecule has 2 N–H and O–H groups in total. The Morgan fingerprint density at radius 1 is 1.20 bits per heavy atom. The summed E-state index contributed by atoms with van der Waals surface area (Å²) < 4.78 is 16.3. The van der Waals surface area contributed by atoms with Crippen molar-refractivity contribution in [2.24, 2.45) is 5.73 Å². The third-order valence-corrected chi connectivity index (χ3v) is 2.64. The molecule has 2 rings (SSSR count). The molecule has 0 radical (unpaired) electrons. The van der Waals surface area contributed by atoms with Crippen molar-refractivity contribution in [2.45, 2.75) is 26.8 Å². The lowest BCUT2D eigenvalue weighted by molar-refractivity contribution is 0.288. The molecule has 0 saturated heterocycles. The second-order valence-electron chi connectivity index (χ2n) is 4.27. The van der Waals surface area contributed by atoms with Crippen LogP contribution in [0, 0.1) is 0 Å². The monoisotopic (exact) mass is 277 g/mol. The molecule has 0 spiro atoms. The highest BCUT2D eigenvalue weighted by molar-refractivity contribution is 5.59. The molecular formula is C14H19N3O3. The number of nitrogens with two attached hydrogens (primary N) is 1. The van der Waals surface area contributed by atoms with E-state index in [9.17, 15) is 0 Å². The van der Waals surface area contributed by atoms with Gasteiger partial charge in [-0.1, -0.05) is 5.16 Å². The lowest BCUT2D eigenvalue weighted by atomic mass is 10.2. The van der Waals surface area contributed by atoms with Crippen LogP contribution in [0.2, 0.25) is 0 Å². The quantitative estimate of drug-likeness (QED) is 0.873. The third-order valence-electron chi connectivity index (χ3n) is 2.64. The Kier molecular flexibility index (Phi) is 4.57. The summed E-state index contributed by atoms with van der Waals surface area (Å²) in [6, 6.07) is 5.25. The topological polar surface area (TPSA) is 83.4 Å². The Labute approximate surface area is 117 Å². The predicted molar refractivity (Wildman–Crippen MR) is 74.7 cm³/mol. The van der Waals surface area contributed by atoms with E-state index in [1.807, 2.05) is 32.0 Å². The van der Waals surface area contributed by atoms with Gasteiger partial charge in [0.1, 0.15) is 0 Å². The van der Waals surface area contributed by atoms with E-state index in [1.165, 1.54) is 0 Å². The maximum atomic E-state index is 5.72. The Hall–Kier alpha value is -2.08. The van der Waals surface area contributed by atoms with Crippen LogP contribution in [0.4, 0.5) is 0 Å². The number of rotatable bonds is 6. The van der Waals surface area contributed by atoms with Gasteiger partial charge in [-0.3, -0.25) is 0 Å². The van der Waals surface area contributed by atoms with Gasteiger partial charge in [-0.05, 0) is 39.0 Å². The SMILES string of the molecule is CCOc1ccc(-c2nc(C(C)N)no2)cc1OCC. The van der Waals surface area contributed by atoms with Crippen molar-refractivity contribution in [3.63, 3.8) is 0 Å². The van der Waals surface area contributed by atoms with E-state index in [2.05, 4.69) is 10.1 Å². The number of ether oxygens (including phenoxy) is 2. The first-order valence-electron chi connectivity index (χ1n) is 6.64. The fourth-order valence-corrected chi connectivity index (χ4v) is 1.72. The first-order chi connectivity index (χ1) is 9.65. The second kappa shape index (κ2) is 6.38. The van der Waals surface area contributed by atoms with Crippen LogP contribution in [0.15, 0.2) is 22.7 Å². The van der Waals surface area contributed by atoms with E-state index in [0.717, 1.165) is 5.56 Å². The fourth-order valence-electron chi connectivity index (χ4n) is 1.72. The fraction of sp³-hybridized carbons (Fsp3) is 0.429. The molecule has 0 saturated carbocycles. The highest BCUT2D eigenvalue weighted by Crippen LogP contribution is 2.32. The molecular weight excluding hydrogens is 258 g/mol. The van der Waals surface area contributed by atoms with Crippen LogP contribution in [0.1, 0.15) is 32.6 Å². The summed E-state index contributed by atoms with van der Waals surface area (Å²) in [5.74, 6) is 2.26. The minimum absolute atomic E-state index is 0.262. The molecule has 6 nitrogen and oxygen atoms in total. The van der Waals surface area contributed by atoms with Gasteiger partial charge in [-0.15, -0.1) is 0 Å². The molecule has 0 amide bonds. The second-order valence-corrected chi connectivity index (χ2v) is 4.27. The highest BCUT2D eigenvalue weighted by Gasteiger charge is 2.14. The van der Waals surface area contributed by atoms with Crippen molar-refractivity contribution in [3.05, 3.63) is 24.0 Å². The van der Waals surface area contributed by atoms with Crippen LogP contribution in [-0.2, 0) is 0 Å². The van der Waals surface area contributed by atoms with Crippen molar-refractivity contribution in [1.82, 2.24) is 10.1 Å². The summed E-state index contributed by atoms with van der Waals surface area (Å²) in [6.07, 6.45) is 0. The molecule has 20 heavy (non-hydrogen) atoms. The summed E-state index contributed by atoms with van der Waals surface area (Å²) in [4.78, 5) is 4.26. The van der Waals surface area contributed by atoms with E-state index in [4.69, 9.17) is 19.7 Å². The van der Waals surface area contributed by atoms with Crippen molar-refractivity contribution in [2.75, 3.05) is 13.2 Å². The number of benzene rings is 1. The average molecular weight is 277 g/mol. The molecule has 108 valence electrons.